The van der Waals surface area contributed by atoms with Crippen molar-refractivity contribution in [3.63, 3.8) is 0 Å². The highest BCUT2D eigenvalue weighted by atomic mass is 14.0. The Morgan fingerprint density at radius 1 is 1.12 bits per heavy atom. The zero-order valence-electron chi connectivity index (χ0n) is 10.6. The van der Waals surface area contributed by atoms with Gasteiger partial charge in [-0.25, -0.2) is 0 Å². The van der Waals surface area contributed by atoms with E-state index in [1.54, 1.807) is 0 Å². The lowest BCUT2D eigenvalue weighted by molar-refractivity contribution is 0.831. The Morgan fingerprint density at radius 3 is 2.31 bits per heavy atom. The molecule has 0 nitrogen and oxygen atoms in total. The van der Waals surface area contributed by atoms with Gasteiger partial charge in [0.15, 0.2) is 0 Å². The van der Waals surface area contributed by atoms with Crippen LogP contribution in [0.15, 0.2) is 53.8 Å². The predicted octanol–water partition coefficient (Wildman–Crippen LogP) is 4.85. The summed E-state index contributed by atoms with van der Waals surface area (Å²) in [5.74, 6) is 0.591. The van der Waals surface area contributed by atoms with Crippen molar-refractivity contribution >= 4 is 5.57 Å². The fourth-order valence-electron chi connectivity index (χ4n) is 1.43. The molecule has 0 saturated carbocycles. The van der Waals surface area contributed by atoms with Gasteiger partial charge in [0, 0.05) is 0 Å². The molecule has 0 aliphatic rings. The summed E-state index contributed by atoms with van der Waals surface area (Å²) in [7, 11) is 0. The third-order valence-corrected chi connectivity index (χ3v) is 2.32. The Labute approximate surface area is 99.0 Å². The van der Waals surface area contributed by atoms with Crippen LogP contribution in [0.5, 0.6) is 0 Å². The van der Waals surface area contributed by atoms with Gasteiger partial charge in [-0.3, -0.25) is 0 Å². The Balaban J connectivity index is 2.95. The average Bonchev–Trinajstić information content (AvgIpc) is 2.27. The molecular weight excluding hydrogens is 192 g/mol. The molecule has 16 heavy (non-hydrogen) atoms. The van der Waals surface area contributed by atoms with Gasteiger partial charge in [0.2, 0.25) is 0 Å². The van der Waals surface area contributed by atoms with Crippen molar-refractivity contribution in [3.8, 4) is 0 Å². The summed E-state index contributed by atoms with van der Waals surface area (Å²) in [5, 5.41) is 0. The maximum absolute atomic E-state index is 3.40. The molecule has 1 aromatic rings. The van der Waals surface area contributed by atoms with Crippen LogP contribution in [0, 0.1) is 5.92 Å². The van der Waals surface area contributed by atoms with E-state index in [-0.39, 0.29) is 0 Å². The topological polar surface area (TPSA) is 0 Å². The van der Waals surface area contributed by atoms with Gasteiger partial charge in [-0.2, -0.15) is 0 Å². The monoisotopic (exact) mass is 212 g/mol. The Hall–Kier alpha value is -1.52. The smallest absolute Gasteiger partial charge is 0.00162 e. The SMILES string of the molecule is CC(=C=C(C)c1ccccc1)/C=C/C(C)C. The molecule has 0 fully saturated rings. The summed E-state index contributed by atoms with van der Waals surface area (Å²) >= 11 is 0. The summed E-state index contributed by atoms with van der Waals surface area (Å²) in [6, 6.07) is 10.4. The van der Waals surface area contributed by atoms with E-state index < -0.39 is 0 Å². The molecule has 0 saturated heterocycles. The molecule has 0 aliphatic carbocycles. The van der Waals surface area contributed by atoms with Gasteiger partial charge >= 0.3 is 0 Å². The van der Waals surface area contributed by atoms with E-state index in [0.29, 0.717) is 5.92 Å². The van der Waals surface area contributed by atoms with Gasteiger partial charge in [0.1, 0.15) is 0 Å². The van der Waals surface area contributed by atoms with Crippen LogP contribution >= 0.6 is 0 Å². The van der Waals surface area contributed by atoms with Crippen LogP contribution in [-0.4, -0.2) is 0 Å². The van der Waals surface area contributed by atoms with Gasteiger partial charge in [-0.15, -0.1) is 5.73 Å². The van der Waals surface area contributed by atoms with Gasteiger partial charge in [0.05, 0.1) is 0 Å². The second-order valence-electron chi connectivity index (χ2n) is 4.40. The first-order valence-corrected chi connectivity index (χ1v) is 5.77. The minimum atomic E-state index is 0.591. The van der Waals surface area contributed by atoms with E-state index in [2.05, 4.69) is 69.8 Å². The molecule has 0 bridgehead atoms. The first-order valence-electron chi connectivity index (χ1n) is 5.77. The predicted molar refractivity (Wildman–Crippen MR) is 72.2 cm³/mol. The molecule has 0 amide bonds. The van der Waals surface area contributed by atoms with Crippen LogP contribution < -0.4 is 0 Å². The first-order chi connectivity index (χ1) is 7.59. The minimum Gasteiger partial charge on any atom is -0.114 e. The van der Waals surface area contributed by atoms with Crippen LogP contribution in [0.3, 0.4) is 0 Å². The summed E-state index contributed by atoms with van der Waals surface area (Å²) in [4.78, 5) is 0. The lowest BCUT2D eigenvalue weighted by atomic mass is 10.1. The van der Waals surface area contributed by atoms with Gasteiger partial charge in [-0.1, -0.05) is 56.3 Å². The molecule has 0 unspecified atom stereocenters. The van der Waals surface area contributed by atoms with E-state index in [9.17, 15) is 0 Å². The second-order valence-corrected chi connectivity index (χ2v) is 4.40. The van der Waals surface area contributed by atoms with Crippen LogP contribution in [0.1, 0.15) is 33.3 Å². The summed E-state index contributed by atoms with van der Waals surface area (Å²) in [6.07, 6.45) is 4.33. The summed E-state index contributed by atoms with van der Waals surface area (Å²) in [6.45, 7) is 8.54. The van der Waals surface area contributed by atoms with E-state index in [1.807, 2.05) is 6.07 Å². The zero-order chi connectivity index (χ0) is 12.0. The van der Waals surface area contributed by atoms with Crippen LogP contribution in [0.4, 0.5) is 0 Å². The summed E-state index contributed by atoms with van der Waals surface area (Å²) in [5.41, 5.74) is 7.00. The highest BCUT2D eigenvalue weighted by Crippen LogP contribution is 2.12. The van der Waals surface area contributed by atoms with Gasteiger partial charge in [-0.05, 0) is 36.5 Å². The van der Waals surface area contributed by atoms with Crippen LogP contribution in [0.25, 0.3) is 5.57 Å². The third-order valence-electron chi connectivity index (χ3n) is 2.32. The molecule has 0 atom stereocenters. The van der Waals surface area contributed by atoms with Crippen molar-refractivity contribution in [2.24, 2.45) is 5.92 Å². The largest absolute Gasteiger partial charge is 0.114 e. The Morgan fingerprint density at radius 2 is 1.75 bits per heavy atom. The molecule has 0 radical (unpaired) electrons. The number of hydrogen-bond acceptors (Lipinski definition) is 0. The molecule has 0 aromatic heterocycles. The van der Waals surface area contributed by atoms with Crippen LogP contribution in [0.2, 0.25) is 0 Å². The molecule has 84 valence electrons. The highest BCUT2D eigenvalue weighted by Gasteiger charge is 1.92. The second kappa shape index (κ2) is 6.15. The molecule has 1 rings (SSSR count). The average molecular weight is 212 g/mol. The van der Waals surface area contributed by atoms with Crippen molar-refractivity contribution < 1.29 is 0 Å². The van der Waals surface area contributed by atoms with Crippen molar-refractivity contribution in [1.29, 1.82) is 0 Å². The normalized spacial score (nSPS) is 10.6. The van der Waals surface area contributed by atoms with Crippen molar-refractivity contribution in [2.75, 3.05) is 0 Å². The Bertz CT molecular complexity index is 413. The highest BCUT2D eigenvalue weighted by molar-refractivity contribution is 5.63. The maximum atomic E-state index is 3.40. The number of allylic oxidation sites excluding steroid dienone is 3. The van der Waals surface area contributed by atoms with Crippen molar-refractivity contribution in [3.05, 3.63) is 59.4 Å². The minimum absolute atomic E-state index is 0.591. The summed E-state index contributed by atoms with van der Waals surface area (Å²) < 4.78 is 0. The molecule has 0 N–H and O–H groups in total. The van der Waals surface area contributed by atoms with E-state index in [4.69, 9.17) is 0 Å². The Kier molecular flexibility index (Phi) is 4.82. The van der Waals surface area contributed by atoms with Crippen molar-refractivity contribution in [1.82, 2.24) is 0 Å². The van der Waals surface area contributed by atoms with E-state index >= 15 is 0 Å². The van der Waals surface area contributed by atoms with Crippen LogP contribution in [-0.2, 0) is 0 Å². The fraction of sp³-hybridized carbons (Fsp3) is 0.312. The molecule has 0 heterocycles. The fourth-order valence-corrected chi connectivity index (χ4v) is 1.43. The number of hydrogen-bond donors (Lipinski definition) is 0. The van der Waals surface area contributed by atoms with E-state index in [0.717, 1.165) is 0 Å². The quantitative estimate of drug-likeness (QED) is 0.496. The standard InChI is InChI=1S/C16H20/c1-13(2)10-11-14(3)12-15(4)16-8-6-5-7-9-16/h5-11,13H,1-4H3/b11-10+. The third kappa shape index (κ3) is 4.33. The maximum Gasteiger partial charge on any atom is -0.00162 e. The number of rotatable bonds is 3. The van der Waals surface area contributed by atoms with E-state index in [1.165, 1.54) is 16.7 Å². The lowest BCUT2D eigenvalue weighted by Crippen LogP contribution is -1.78. The molecule has 0 aliphatic heterocycles. The molecule has 1 aromatic carbocycles. The van der Waals surface area contributed by atoms with Crippen molar-refractivity contribution in [2.45, 2.75) is 27.7 Å². The first kappa shape index (κ1) is 12.5. The van der Waals surface area contributed by atoms with Gasteiger partial charge < -0.3 is 0 Å². The molecular formula is C16H20. The lowest BCUT2D eigenvalue weighted by Gasteiger charge is -1.97. The molecule has 0 spiro atoms. The van der Waals surface area contributed by atoms with Gasteiger partial charge in [0.25, 0.3) is 0 Å². The molecule has 0 heteroatoms. The number of benzene rings is 1. The zero-order valence-corrected chi connectivity index (χ0v) is 10.6.